The van der Waals surface area contributed by atoms with Crippen molar-refractivity contribution in [3.63, 3.8) is 0 Å². The number of hydrogen-bond acceptors (Lipinski definition) is 5. The molecule has 0 unspecified atom stereocenters. The van der Waals surface area contributed by atoms with Gasteiger partial charge in [-0.15, -0.1) is 0 Å². The molecule has 2 aliphatic heterocycles. The third-order valence-corrected chi connectivity index (χ3v) is 8.29. The summed E-state index contributed by atoms with van der Waals surface area (Å²) in [6, 6.07) is 19.8. The number of piperidine rings is 1. The summed E-state index contributed by atoms with van der Waals surface area (Å²) in [6.07, 6.45) is 3.99. The minimum Gasteiger partial charge on any atom is -0.493 e. The number of carbonyl (C=O) groups is 1. The van der Waals surface area contributed by atoms with Crippen LogP contribution >= 0.6 is 11.6 Å². The van der Waals surface area contributed by atoms with E-state index in [0.717, 1.165) is 53.6 Å². The van der Waals surface area contributed by atoms with Gasteiger partial charge in [-0.05, 0) is 117 Å². The number of benzene rings is 3. The fourth-order valence-corrected chi connectivity index (χ4v) is 6.00. The standard InChI is InChI=1S/C33H40ClN3O3/c1-22(2)40-31-21-29-25(19-30(31)39-4)20-32(38)37(33(29)24-5-7-26(34)8-6-24)28-11-9-27(10-12-28)36(3)18-15-23-13-16-35-17-14-23/h5-12,19,21-23,33,35H,13-18,20H2,1-4H3/t33-/m0/s1. The highest BCUT2D eigenvalue weighted by Gasteiger charge is 2.36. The van der Waals surface area contributed by atoms with Gasteiger partial charge in [0.25, 0.3) is 0 Å². The minimum atomic E-state index is -0.322. The van der Waals surface area contributed by atoms with Crippen molar-refractivity contribution in [3.8, 4) is 11.5 Å². The Morgan fingerprint density at radius 2 is 1.73 bits per heavy atom. The highest BCUT2D eigenvalue weighted by molar-refractivity contribution is 6.30. The molecule has 3 aromatic carbocycles. The Hall–Kier alpha value is -3.22. The average Bonchev–Trinajstić information content (AvgIpc) is 2.96. The maximum atomic E-state index is 13.8. The molecule has 7 heteroatoms. The molecule has 0 aliphatic carbocycles. The van der Waals surface area contributed by atoms with Crippen molar-refractivity contribution in [3.05, 3.63) is 82.4 Å². The highest BCUT2D eigenvalue weighted by atomic mass is 35.5. The van der Waals surface area contributed by atoms with Crippen molar-refractivity contribution in [2.45, 2.75) is 51.7 Å². The number of rotatable bonds is 9. The quantitative estimate of drug-likeness (QED) is 0.317. The van der Waals surface area contributed by atoms with Crippen molar-refractivity contribution in [1.29, 1.82) is 0 Å². The zero-order valence-electron chi connectivity index (χ0n) is 24.0. The number of nitrogens with one attached hydrogen (secondary N) is 1. The molecule has 0 saturated carbocycles. The van der Waals surface area contributed by atoms with E-state index in [1.54, 1.807) is 7.11 Å². The largest absolute Gasteiger partial charge is 0.493 e. The van der Waals surface area contributed by atoms with Crippen LogP contribution in [-0.4, -0.2) is 45.8 Å². The molecule has 1 atom stereocenters. The van der Waals surface area contributed by atoms with Gasteiger partial charge in [0.15, 0.2) is 11.5 Å². The molecule has 6 nitrogen and oxygen atoms in total. The van der Waals surface area contributed by atoms with Crippen molar-refractivity contribution >= 4 is 28.9 Å². The molecule has 0 radical (unpaired) electrons. The van der Waals surface area contributed by atoms with E-state index in [4.69, 9.17) is 21.1 Å². The summed E-state index contributed by atoms with van der Waals surface area (Å²) in [5.74, 6) is 2.15. The van der Waals surface area contributed by atoms with Crippen molar-refractivity contribution in [2.75, 3.05) is 43.6 Å². The van der Waals surface area contributed by atoms with Gasteiger partial charge in [0.05, 0.1) is 25.7 Å². The molecule has 2 heterocycles. The van der Waals surface area contributed by atoms with Gasteiger partial charge < -0.3 is 24.6 Å². The summed E-state index contributed by atoms with van der Waals surface area (Å²) >= 11 is 6.25. The first-order chi connectivity index (χ1) is 19.3. The van der Waals surface area contributed by atoms with Gasteiger partial charge >= 0.3 is 0 Å². The lowest BCUT2D eigenvalue weighted by atomic mass is 9.86. The first-order valence-electron chi connectivity index (χ1n) is 14.3. The van der Waals surface area contributed by atoms with Gasteiger partial charge in [0.2, 0.25) is 5.91 Å². The summed E-state index contributed by atoms with van der Waals surface area (Å²) in [6.45, 7) is 7.27. The van der Waals surface area contributed by atoms with Gasteiger partial charge in [-0.2, -0.15) is 0 Å². The monoisotopic (exact) mass is 561 g/mol. The second-order valence-corrected chi connectivity index (χ2v) is 11.6. The molecule has 40 heavy (non-hydrogen) atoms. The molecular weight excluding hydrogens is 522 g/mol. The number of anilines is 2. The van der Waals surface area contributed by atoms with Crippen LogP contribution in [0, 0.1) is 5.92 Å². The van der Waals surface area contributed by atoms with E-state index in [1.807, 2.05) is 55.1 Å². The fourth-order valence-electron chi connectivity index (χ4n) is 5.87. The number of amides is 1. The van der Waals surface area contributed by atoms with Crippen LogP contribution in [0.25, 0.3) is 0 Å². The van der Waals surface area contributed by atoms with Crippen LogP contribution in [0.5, 0.6) is 11.5 Å². The van der Waals surface area contributed by atoms with E-state index in [1.165, 1.54) is 19.3 Å². The Labute approximate surface area is 243 Å². The number of carbonyl (C=O) groups excluding carboxylic acids is 1. The summed E-state index contributed by atoms with van der Waals surface area (Å²) in [5.41, 5.74) is 4.99. The van der Waals surface area contributed by atoms with Crippen LogP contribution in [0.2, 0.25) is 5.02 Å². The van der Waals surface area contributed by atoms with Crippen LogP contribution < -0.4 is 24.6 Å². The first kappa shape index (κ1) is 28.3. The molecule has 5 rings (SSSR count). The maximum Gasteiger partial charge on any atom is 0.232 e. The molecule has 0 bridgehead atoms. The Kier molecular flexibility index (Phi) is 8.87. The van der Waals surface area contributed by atoms with Crippen LogP contribution in [0.3, 0.4) is 0 Å². The Bertz CT molecular complexity index is 1300. The molecular formula is C33H40ClN3O3. The van der Waals surface area contributed by atoms with E-state index >= 15 is 0 Å². The van der Waals surface area contributed by atoms with E-state index in [2.05, 4.69) is 41.5 Å². The average molecular weight is 562 g/mol. The highest BCUT2D eigenvalue weighted by Crippen LogP contribution is 2.44. The minimum absolute atomic E-state index is 0.0124. The number of methoxy groups -OCH3 is 1. The first-order valence-corrected chi connectivity index (χ1v) is 14.7. The smallest absolute Gasteiger partial charge is 0.232 e. The lowest BCUT2D eigenvalue weighted by Crippen LogP contribution is -2.41. The zero-order chi connectivity index (χ0) is 28.2. The number of hydrogen-bond donors (Lipinski definition) is 1. The normalized spacial score (nSPS) is 17.6. The number of ether oxygens (including phenoxy) is 2. The number of nitrogens with zero attached hydrogens (tertiary/aromatic N) is 2. The van der Waals surface area contributed by atoms with Gasteiger partial charge in [0.1, 0.15) is 0 Å². The van der Waals surface area contributed by atoms with Crippen LogP contribution in [0.1, 0.15) is 55.8 Å². The second-order valence-electron chi connectivity index (χ2n) is 11.2. The van der Waals surface area contributed by atoms with Crippen molar-refractivity contribution in [2.24, 2.45) is 5.92 Å². The van der Waals surface area contributed by atoms with E-state index in [9.17, 15) is 4.79 Å². The second kappa shape index (κ2) is 12.5. The maximum absolute atomic E-state index is 13.8. The molecule has 1 amide bonds. The van der Waals surface area contributed by atoms with Crippen LogP contribution in [-0.2, 0) is 11.2 Å². The van der Waals surface area contributed by atoms with Gasteiger partial charge in [-0.25, -0.2) is 0 Å². The molecule has 1 fully saturated rings. The van der Waals surface area contributed by atoms with Gasteiger partial charge in [-0.1, -0.05) is 23.7 Å². The van der Waals surface area contributed by atoms with E-state index in [0.29, 0.717) is 16.5 Å². The summed E-state index contributed by atoms with van der Waals surface area (Å²) in [7, 11) is 3.78. The molecule has 1 saturated heterocycles. The third kappa shape index (κ3) is 6.24. The molecule has 1 N–H and O–H groups in total. The predicted octanol–water partition coefficient (Wildman–Crippen LogP) is 6.64. The summed E-state index contributed by atoms with van der Waals surface area (Å²) in [5, 5.41) is 4.11. The third-order valence-electron chi connectivity index (χ3n) is 8.04. The van der Waals surface area contributed by atoms with E-state index in [-0.39, 0.29) is 24.5 Å². The Morgan fingerprint density at radius 3 is 2.38 bits per heavy atom. The van der Waals surface area contributed by atoms with Crippen LogP contribution in [0.4, 0.5) is 11.4 Å². The SMILES string of the molecule is COc1cc2c(cc1OC(C)C)[C@H](c1ccc(Cl)cc1)N(c1ccc(N(C)CCC3CCNCC3)cc1)C(=O)C2. The Balaban J connectivity index is 1.47. The summed E-state index contributed by atoms with van der Waals surface area (Å²) < 4.78 is 11.8. The molecule has 212 valence electrons. The van der Waals surface area contributed by atoms with Gasteiger partial charge in [0, 0.05) is 30.0 Å². The fraction of sp³-hybridized carbons (Fsp3) is 0.424. The van der Waals surface area contributed by atoms with Crippen molar-refractivity contribution in [1.82, 2.24) is 5.32 Å². The molecule has 2 aliphatic rings. The zero-order valence-corrected chi connectivity index (χ0v) is 24.7. The van der Waals surface area contributed by atoms with Gasteiger partial charge in [-0.3, -0.25) is 4.79 Å². The van der Waals surface area contributed by atoms with Crippen LogP contribution in [0.15, 0.2) is 60.7 Å². The molecule has 0 aromatic heterocycles. The Morgan fingerprint density at radius 1 is 1.02 bits per heavy atom. The molecule has 0 spiro atoms. The summed E-state index contributed by atoms with van der Waals surface area (Å²) in [4.78, 5) is 18.0. The van der Waals surface area contributed by atoms with Crippen molar-refractivity contribution < 1.29 is 14.3 Å². The van der Waals surface area contributed by atoms with E-state index < -0.39 is 0 Å². The lowest BCUT2D eigenvalue weighted by Gasteiger charge is -2.38. The molecule has 3 aromatic rings. The topological polar surface area (TPSA) is 54.0 Å². The number of halogens is 1. The lowest BCUT2D eigenvalue weighted by molar-refractivity contribution is -0.118. The predicted molar refractivity (Wildman–Crippen MR) is 163 cm³/mol. The number of fused-ring (bicyclic) bond motifs is 1.